The van der Waals surface area contributed by atoms with E-state index in [9.17, 15) is 9.59 Å². The summed E-state index contributed by atoms with van der Waals surface area (Å²) in [5, 5.41) is 20.5. The Labute approximate surface area is 243 Å². The summed E-state index contributed by atoms with van der Waals surface area (Å²) < 4.78 is 13.4. The van der Waals surface area contributed by atoms with Gasteiger partial charge in [-0.2, -0.15) is 5.10 Å². The zero-order valence-corrected chi connectivity index (χ0v) is 23.9. The minimum Gasteiger partial charge on any atom is -0.497 e. The number of carbonyl (C=O) groups excluding carboxylic acids is 2. The molecular weight excluding hydrogens is 536 g/mol. The van der Waals surface area contributed by atoms with Crippen molar-refractivity contribution in [1.29, 1.82) is 0 Å². The van der Waals surface area contributed by atoms with E-state index in [-0.39, 0.29) is 29.8 Å². The van der Waals surface area contributed by atoms with Gasteiger partial charge in [0.2, 0.25) is 0 Å². The first-order valence-corrected chi connectivity index (χ1v) is 13.9. The second-order valence-corrected chi connectivity index (χ2v) is 11.4. The van der Waals surface area contributed by atoms with E-state index < -0.39 is 6.03 Å². The van der Waals surface area contributed by atoms with E-state index in [4.69, 9.17) is 14.6 Å². The SMILES string of the molecule is COc1ccc(-n2nc(C(C)(C)C)cc2NC(=O)Nc2ccc(OC3CCNC4NC(=O)NC43)c3ncccc23)cc1. The van der Waals surface area contributed by atoms with Crippen LogP contribution < -0.4 is 36.1 Å². The van der Waals surface area contributed by atoms with Crippen LogP contribution in [-0.2, 0) is 5.41 Å². The number of benzene rings is 2. The number of anilines is 2. The number of urea groups is 2. The molecule has 218 valence electrons. The molecular formula is C30H34N8O4. The summed E-state index contributed by atoms with van der Waals surface area (Å²) in [6.07, 6.45) is 1.98. The number of methoxy groups -OCH3 is 1. The molecule has 4 aromatic rings. The number of hydrogen-bond donors (Lipinski definition) is 5. The van der Waals surface area contributed by atoms with Crippen molar-refractivity contribution >= 4 is 34.5 Å². The molecule has 0 bridgehead atoms. The molecule has 3 atom stereocenters. The Bertz CT molecular complexity index is 1630. The third-order valence-electron chi connectivity index (χ3n) is 7.43. The van der Waals surface area contributed by atoms with Gasteiger partial charge < -0.3 is 25.4 Å². The van der Waals surface area contributed by atoms with Gasteiger partial charge in [0.15, 0.2) is 0 Å². The van der Waals surface area contributed by atoms with E-state index >= 15 is 0 Å². The Hall–Kier alpha value is -4.84. The first-order chi connectivity index (χ1) is 20.2. The summed E-state index contributed by atoms with van der Waals surface area (Å²) in [5.74, 6) is 1.83. The van der Waals surface area contributed by atoms with Crippen LogP contribution in [-0.4, -0.2) is 58.8 Å². The highest BCUT2D eigenvalue weighted by molar-refractivity contribution is 6.06. The topological polar surface area (TPSA) is 143 Å². The van der Waals surface area contributed by atoms with Gasteiger partial charge in [-0.25, -0.2) is 14.3 Å². The van der Waals surface area contributed by atoms with Crippen LogP contribution in [0.1, 0.15) is 32.9 Å². The predicted octanol–water partition coefficient (Wildman–Crippen LogP) is 4.12. The minimum absolute atomic E-state index is 0.190. The van der Waals surface area contributed by atoms with Gasteiger partial charge in [0.25, 0.3) is 0 Å². The first-order valence-electron chi connectivity index (χ1n) is 13.9. The lowest BCUT2D eigenvalue weighted by Gasteiger charge is -2.33. The molecule has 0 aliphatic carbocycles. The normalized spacial score (nSPS) is 19.9. The van der Waals surface area contributed by atoms with E-state index in [1.807, 2.05) is 42.5 Å². The second kappa shape index (κ2) is 10.9. The average Bonchev–Trinajstić information content (AvgIpc) is 3.58. The standard InChI is InChI=1S/C30H34N8O4/c1-30(2,3)23-16-24(38(37-23)17-7-9-18(41-4)10-8-17)34-28(39)33-20-11-12-21(25-19(20)6-5-14-31-25)42-22-13-15-32-27-26(22)35-29(40)36-27/h5-12,14,16,22,26-27,32H,13,15H2,1-4H3,(H2,33,34,39)(H2,35,36,40). The number of hydrogen-bond acceptors (Lipinski definition) is 7. The molecule has 0 radical (unpaired) electrons. The van der Waals surface area contributed by atoms with Crippen molar-refractivity contribution in [1.82, 2.24) is 30.7 Å². The van der Waals surface area contributed by atoms with Crippen molar-refractivity contribution in [3.8, 4) is 17.2 Å². The number of fused-ring (bicyclic) bond motifs is 2. The van der Waals surface area contributed by atoms with Crippen molar-refractivity contribution in [3.63, 3.8) is 0 Å². The predicted molar refractivity (Wildman–Crippen MR) is 159 cm³/mol. The van der Waals surface area contributed by atoms with Crippen molar-refractivity contribution < 1.29 is 19.1 Å². The number of pyridine rings is 1. The van der Waals surface area contributed by atoms with E-state index in [0.717, 1.165) is 28.9 Å². The number of nitrogens with zero attached hydrogens (tertiary/aromatic N) is 3. The molecule has 6 rings (SSSR count). The number of rotatable bonds is 6. The fraction of sp³-hybridized carbons (Fsp3) is 0.333. The molecule has 5 N–H and O–H groups in total. The van der Waals surface area contributed by atoms with Crippen LogP contribution in [0.25, 0.3) is 16.6 Å². The molecule has 12 heteroatoms. The summed E-state index contributed by atoms with van der Waals surface area (Å²) in [4.78, 5) is 29.8. The number of carbonyl (C=O) groups is 2. The van der Waals surface area contributed by atoms with Gasteiger partial charge in [0.05, 0.1) is 24.2 Å². The summed E-state index contributed by atoms with van der Waals surface area (Å²) >= 11 is 0. The van der Waals surface area contributed by atoms with Gasteiger partial charge in [-0.05, 0) is 55.0 Å². The van der Waals surface area contributed by atoms with Gasteiger partial charge in [-0.15, -0.1) is 0 Å². The Kier molecular flexibility index (Phi) is 7.07. The van der Waals surface area contributed by atoms with Gasteiger partial charge in [0, 0.05) is 29.6 Å². The lowest BCUT2D eigenvalue weighted by Crippen LogP contribution is -2.58. The van der Waals surface area contributed by atoms with Crippen LogP contribution >= 0.6 is 0 Å². The molecule has 12 nitrogen and oxygen atoms in total. The number of aromatic nitrogens is 3. The highest BCUT2D eigenvalue weighted by Crippen LogP contribution is 2.33. The van der Waals surface area contributed by atoms with Crippen molar-refractivity contribution in [2.24, 2.45) is 0 Å². The molecule has 2 aliphatic rings. The largest absolute Gasteiger partial charge is 0.497 e. The lowest BCUT2D eigenvalue weighted by molar-refractivity contribution is 0.114. The fourth-order valence-electron chi connectivity index (χ4n) is 5.23. The zero-order chi connectivity index (χ0) is 29.4. The van der Waals surface area contributed by atoms with Crippen LogP contribution in [0.15, 0.2) is 60.8 Å². The molecule has 0 saturated carbocycles. The van der Waals surface area contributed by atoms with Crippen LogP contribution in [0.2, 0.25) is 0 Å². The average molecular weight is 571 g/mol. The molecule has 2 aliphatic heterocycles. The number of piperidine rings is 1. The number of nitrogens with one attached hydrogen (secondary N) is 5. The van der Waals surface area contributed by atoms with Crippen molar-refractivity contribution in [2.45, 2.75) is 50.9 Å². The first kappa shape index (κ1) is 27.3. The molecule has 3 unspecified atom stereocenters. The van der Waals surface area contributed by atoms with E-state index in [1.54, 1.807) is 30.1 Å². The van der Waals surface area contributed by atoms with Crippen LogP contribution in [0, 0.1) is 0 Å². The summed E-state index contributed by atoms with van der Waals surface area (Å²) in [5.41, 5.74) is 2.58. The Morgan fingerprint density at radius 1 is 1.07 bits per heavy atom. The minimum atomic E-state index is -0.426. The third kappa shape index (κ3) is 5.40. The molecule has 2 saturated heterocycles. The lowest BCUT2D eigenvalue weighted by atomic mass is 9.92. The molecule has 0 spiro atoms. The molecule has 4 heterocycles. The molecule has 2 aromatic heterocycles. The van der Waals surface area contributed by atoms with Gasteiger partial charge in [0.1, 0.15) is 41.1 Å². The molecule has 4 amide bonds. The maximum atomic E-state index is 13.3. The summed E-state index contributed by atoms with van der Waals surface area (Å²) in [7, 11) is 1.62. The van der Waals surface area contributed by atoms with E-state index in [0.29, 0.717) is 29.3 Å². The van der Waals surface area contributed by atoms with Gasteiger partial charge >= 0.3 is 12.1 Å². The van der Waals surface area contributed by atoms with Crippen LogP contribution in [0.4, 0.5) is 21.1 Å². The van der Waals surface area contributed by atoms with Gasteiger partial charge in [-0.3, -0.25) is 15.6 Å². The van der Waals surface area contributed by atoms with Crippen molar-refractivity contribution in [2.75, 3.05) is 24.3 Å². The van der Waals surface area contributed by atoms with E-state index in [1.165, 1.54) is 0 Å². The quantitative estimate of drug-likeness (QED) is 0.235. The molecule has 2 fully saturated rings. The Balaban J connectivity index is 1.24. The monoisotopic (exact) mass is 570 g/mol. The summed E-state index contributed by atoms with van der Waals surface area (Å²) in [6.45, 7) is 6.92. The van der Waals surface area contributed by atoms with E-state index in [2.05, 4.69) is 52.3 Å². The third-order valence-corrected chi connectivity index (χ3v) is 7.43. The summed E-state index contributed by atoms with van der Waals surface area (Å²) in [6, 6.07) is 15.8. The smallest absolute Gasteiger partial charge is 0.324 e. The van der Waals surface area contributed by atoms with Crippen molar-refractivity contribution in [3.05, 3.63) is 66.5 Å². The highest BCUT2D eigenvalue weighted by Gasteiger charge is 2.41. The number of ether oxygens (including phenoxy) is 2. The maximum Gasteiger partial charge on any atom is 0.324 e. The maximum absolute atomic E-state index is 13.3. The Morgan fingerprint density at radius 2 is 1.88 bits per heavy atom. The Morgan fingerprint density at radius 3 is 2.64 bits per heavy atom. The highest BCUT2D eigenvalue weighted by atomic mass is 16.5. The van der Waals surface area contributed by atoms with Crippen LogP contribution in [0.3, 0.4) is 0 Å². The number of amides is 4. The molecule has 42 heavy (non-hydrogen) atoms. The van der Waals surface area contributed by atoms with Gasteiger partial charge in [-0.1, -0.05) is 20.8 Å². The fourth-order valence-corrected chi connectivity index (χ4v) is 5.23. The zero-order valence-electron chi connectivity index (χ0n) is 23.9. The van der Waals surface area contributed by atoms with Crippen LogP contribution in [0.5, 0.6) is 11.5 Å². The molecule has 2 aromatic carbocycles. The second-order valence-electron chi connectivity index (χ2n) is 11.4.